The second-order valence-electron chi connectivity index (χ2n) is 8.03. The number of sulfone groups is 1. The van der Waals surface area contributed by atoms with Crippen molar-refractivity contribution < 1.29 is 31.4 Å². The smallest absolute Gasteiger partial charge is 0.389 e. The van der Waals surface area contributed by atoms with Crippen LogP contribution in [0.2, 0.25) is 0 Å². The number of aryl methyl sites for hydroxylation is 1. The van der Waals surface area contributed by atoms with Crippen LogP contribution < -0.4 is 10.1 Å². The minimum atomic E-state index is -4.34. The molecule has 1 unspecified atom stereocenters. The molecule has 0 aliphatic rings. The maximum absolute atomic E-state index is 12.9. The Morgan fingerprint density at radius 1 is 1.06 bits per heavy atom. The van der Waals surface area contributed by atoms with Gasteiger partial charge in [0.1, 0.15) is 18.5 Å². The van der Waals surface area contributed by atoms with Crippen LogP contribution in [0.15, 0.2) is 59.5 Å². The minimum Gasteiger partial charge on any atom is -0.491 e. The van der Waals surface area contributed by atoms with Crippen molar-refractivity contribution in [2.75, 3.05) is 26.5 Å². The van der Waals surface area contributed by atoms with Gasteiger partial charge in [-0.2, -0.15) is 13.2 Å². The monoisotopic (exact) mass is 509 g/mol. The largest absolute Gasteiger partial charge is 0.491 e. The van der Waals surface area contributed by atoms with Crippen molar-refractivity contribution in [2.24, 2.45) is 0 Å². The zero-order chi connectivity index (χ0) is 25.6. The Labute approximate surface area is 201 Å². The molecule has 0 aliphatic carbocycles. The minimum absolute atomic E-state index is 0.0503. The van der Waals surface area contributed by atoms with E-state index in [0.29, 0.717) is 29.1 Å². The highest BCUT2D eigenvalue weighted by Crippen LogP contribution is 2.28. The van der Waals surface area contributed by atoms with Crippen LogP contribution in [0, 0.1) is 0 Å². The molecule has 35 heavy (non-hydrogen) atoms. The second-order valence-corrected chi connectivity index (χ2v) is 10.0. The van der Waals surface area contributed by atoms with Gasteiger partial charge in [-0.1, -0.05) is 24.3 Å². The van der Waals surface area contributed by atoms with Gasteiger partial charge < -0.3 is 15.2 Å². The van der Waals surface area contributed by atoms with E-state index in [2.05, 4.69) is 15.3 Å². The predicted molar refractivity (Wildman–Crippen MR) is 126 cm³/mol. The Morgan fingerprint density at radius 3 is 2.40 bits per heavy atom. The van der Waals surface area contributed by atoms with Crippen LogP contribution in [0.5, 0.6) is 5.75 Å². The number of rotatable bonds is 10. The van der Waals surface area contributed by atoms with Gasteiger partial charge in [-0.05, 0) is 43.8 Å². The first kappa shape index (κ1) is 26.6. The SMILES string of the molecule is CNCC(O)COc1cccc(-c2nc(CCC(F)(F)F)cc(-c3ccc(S(C)(=O)=O)cc3)n2)c1. The molecule has 0 radical (unpaired) electrons. The number of likely N-dealkylation sites (N-methyl/N-ethyl adjacent to an activating group) is 1. The number of aliphatic hydroxyl groups excluding tert-OH is 1. The van der Waals surface area contributed by atoms with E-state index in [0.717, 1.165) is 6.26 Å². The Hall–Kier alpha value is -3.02. The van der Waals surface area contributed by atoms with E-state index in [1.165, 1.54) is 18.2 Å². The van der Waals surface area contributed by atoms with Crippen molar-refractivity contribution in [1.29, 1.82) is 0 Å². The number of hydrogen-bond donors (Lipinski definition) is 2. The van der Waals surface area contributed by atoms with Crippen molar-refractivity contribution in [2.45, 2.75) is 30.0 Å². The number of hydrogen-bond acceptors (Lipinski definition) is 7. The third-order valence-electron chi connectivity index (χ3n) is 5.00. The van der Waals surface area contributed by atoms with Gasteiger partial charge >= 0.3 is 6.18 Å². The molecule has 0 spiro atoms. The molecule has 2 N–H and O–H groups in total. The lowest BCUT2D eigenvalue weighted by atomic mass is 10.1. The number of ether oxygens (including phenoxy) is 1. The summed E-state index contributed by atoms with van der Waals surface area (Å²) < 4.78 is 67.7. The summed E-state index contributed by atoms with van der Waals surface area (Å²) in [7, 11) is -1.69. The average Bonchev–Trinajstić information content (AvgIpc) is 2.81. The molecule has 11 heteroatoms. The van der Waals surface area contributed by atoms with Gasteiger partial charge in [-0.15, -0.1) is 0 Å². The van der Waals surface area contributed by atoms with Gasteiger partial charge in [0.25, 0.3) is 0 Å². The molecule has 7 nitrogen and oxygen atoms in total. The fourth-order valence-corrected chi connectivity index (χ4v) is 3.89. The van der Waals surface area contributed by atoms with Crippen LogP contribution in [0.25, 0.3) is 22.6 Å². The van der Waals surface area contributed by atoms with Crippen LogP contribution in [0.3, 0.4) is 0 Å². The van der Waals surface area contributed by atoms with Gasteiger partial charge in [0.05, 0.1) is 10.6 Å². The number of aliphatic hydroxyl groups is 1. The van der Waals surface area contributed by atoms with E-state index >= 15 is 0 Å². The first-order valence-electron chi connectivity index (χ1n) is 10.8. The third-order valence-corrected chi connectivity index (χ3v) is 6.12. The number of nitrogens with zero attached hydrogens (tertiary/aromatic N) is 2. The molecular formula is C24H26F3N3O4S. The normalized spacial score (nSPS) is 13.0. The highest BCUT2D eigenvalue weighted by Gasteiger charge is 2.27. The molecule has 0 aliphatic heterocycles. The number of aromatic nitrogens is 2. The lowest BCUT2D eigenvalue weighted by Gasteiger charge is -2.13. The topological polar surface area (TPSA) is 101 Å². The van der Waals surface area contributed by atoms with Crippen molar-refractivity contribution >= 4 is 9.84 Å². The molecule has 2 aromatic carbocycles. The van der Waals surface area contributed by atoms with E-state index in [-0.39, 0.29) is 29.4 Å². The van der Waals surface area contributed by atoms with Crippen LogP contribution >= 0.6 is 0 Å². The summed E-state index contributed by atoms with van der Waals surface area (Å²) in [6.45, 7) is 0.403. The standard InChI is InChI=1S/C24H26F3N3O4S/c1-28-14-19(31)15-34-20-5-3-4-17(12-20)23-29-18(10-11-24(25,26)27)13-22(30-23)16-6-8-21(9-7-16)35(2,32)33/h3-9,12-13,19,28,31H,10-11,14-15H2,1-2H3. The summed E-state index contributed by atoms with van der Waals surface area (Å²) in [6.07, 6.45) is -5.34. The Bertz CT molecular complexity index is 1250. The van der Waals surface area contributed by atoms with Gasteiger partial charge in [-0.25, -0.2) is 18.4 Å². The summed E-state index contributed by atoms with van der Waals surface area (Å²) in [6, 6.07) is 14.2. The summed E-state index contributed by atoms with van der Waals surface area (Å²) >= 11 is 0. The molecule has 0 amide bonds. The van der Waals surface area contributed by atoms with Crippen molar-refractivity contribution in [1.82, 2.24) is 15.3 Å². The first-order chi connectivity index (χ1) is 16.4. The highest BCUT2D eigenvalue weighted by molar-refractivity contribution is 7.90. The Morgan fingerprint density at radius 2 is 1.77 bits per heavy atom. The molecule has 3 aromatic rings. The molecule has 0 bridgehead atoms. The van der Waals surface area contributed by atoms with E-state index in [1.54, 1.807) is 43.4 Å². The first-order valence-corrected chi connectivity index (χ1v) is 12.6. The zero-order valence-corrected chi connectivity index (χ0v) is 20.0. The molecule has 1 heterocycles. The fourth-order valence-electron chi connectivity index (χ4n) is 3.26. The van der Waals surface area contributed by atoms with Crippen LogP contribution in [-0.2, 0) is 16.3 Å². The van der Waals surface area contributed by atoms with E-state index in [4.69, 9.17) is 4.74 Å². The van der Waals surface area contributed by atoms with Crippen molar-refractivity contribution in [3.8, 4) is 28.4 Å². The highest BCUT2D eigenvalue weighted by atomic mass is 32.2. The predicted octanol–water partition coefficient (Wildman–Crippen LogP) is 3.67. The average molecular weight is 510 g/mol. The maximum atomic E-state index is 12.9. The molecule has 0 saturated carbocycles. The lowest BCUT2D eigenvalue weighted by Crippen LogP contribution is -2.29. The molecular weight excluding hydrogens is 483 g/mol. The van der Waals surface area contributed by atoms with Gasteiger partial charge in [0.15, 0.2) is 15.7 Å². The fraction of sp³-hybridized carbons (Fsp3) is 0.333. The Balaban J connectivity index is 1.97. The quantitative estimate of drug-likeness (QED) is 0.430. The van der Waals surface area contributed by atoms with Crippen LogP contribution in [-0.4, -0.2) is 62.2 Å². The number of halogens is 3. The number of alkyl halides is 3. The van der Waals surface area contributed by atoms with Crippen molar-refractivity contribution in [3.05, 3.63) is 60.3 Å². The van der Waals surface area contributed by atoms with Crippen LogP contribution in [0.4, 0.5) is 13.2 Å². The third kappa shape index (κ3) is 8.01. The van der Waals surface area contributed by atoms with Gasteiger partial charge in [-0.3, -0.25) is 0 Å². The molecule has 0 fully saturated rings. The molecule has 188 valence electrons. The molecule has 1 aromatic heterocycles. The van der Waals surface area contributed by atoms with Gasteiger partial charge in [0.2, 0.25) is 0 Å². The maximum Gasteiger partial charge on any atom is 0.389 e. The van der Waals surface area contributed by atoms with E-state index < -0.39 is 28.5 Å². The summed E-state index contributed by atoms with van der Waals surface area (Å²) in [5.41, 5.74) is 1.62. The summed E-state index contributed by atoms with van der Waals surface area (Å²) in [4.78, 5) is 8.98. The van der Waals surface area contributed by atoms with E-state index in [9.17, 15) is 26.7 Å². The van der Waals surface area contributed by atoms with Gasteiger partial charge in [0, 0.05) is 36.0 Å². The number of nitrogens with one attached hydrogen (secondary N) is 1. The summed E-state index contributed by atoms with van der Waals surface area (Å²) in [5.74, 6) is 0.647. The van der Waals surface area contributed by atoms with E-state index in [1.807, 2.05) is 0 Å². The lowest BCUT2D eigenvalue weighted by molar-refractivity contribution is -0.134. The summed E-state index contributed by atoms with van der Waals surface area (Å²) in [5, 5.41) is 12.7. The molecule has 0 saturated heterocycles. The number of benzene rings is 2. The Kier molecular flexibility index (Phi) is 8.47. The van der Waals surface area contributed by atoms with Crippen molar-refractivity contribution in [3.63, 3.8) is 0 Å². The zero-order valence-electron chi connectivity index (χ0n) is 19.2. The molecule has 1 atom stereocenters. The molecule has 3 rings (SSSR count). The second kappa shape index (κ2) is 11.1. The van der Waals surface area contributed by atoms with Crippen LogP contribution in [0.1, 0.15) is 12.1 Å².